The van der Waals surface area contributed by atoms with Crippen molar-refractivity contribution in [2.45, 2.75) is 19.6 Å². The fourth-order valence-corrected chi connectivity index (χ4v) is 4.88. The summed E-state index contributed by atoms with van der Waals surface area (Å²) < 4.78 is 10.8. The molecule has 3 heterocycles. The molecule has 1 fully saturated rings. The molecule has 35 heavy (non-hydrogen) atoms. The van der Waals surface area contributed by atoms with Gasteiger partial charge in [-0.2, -0.15) is 0 Å². The fourth-order valence-electron chi connectivity index (χ4n) is 4.25. The predicted octanol–water partition coefficient (Wildman–Crippen LogP) is 3.51. The van der Waals surface area contributed by atoms with Crippen LogP contribution >= 0.6 is 11.3 Å². The van der Waals surface area contributed by atoms with Crippen LogP contribution in [0.3, 0.4) is 0 Å². The van der Waals surface area contributed by atoms with Crippen molar-refractivity contribution in [1.82, 2.24) is 19.7 Å². The second-order valence-corrected chi connectivity index (χ2v) is 9.50. The minimum absolute atomic E-state index is 0.00263. The number of rotatable bonds is 7. The Kier molecular flexibility index (Phi) is 6.82. The number of fused-ring (bicyclic) bond motifs is 1. The Morgan fingerprint density at radius 1 is 0.971 bits per heavy atom. The number of aromatic nitrogens is 1. The van der Waals surface area contributed by atoms with Gasteiger partial charge in [0.25, 0.3) is 5.91 Å². The van der Waals surface area contributed by atoms with E-state index in [0.29, 0.717) is 18.7 Å². The van der Waals surface area contributed by atoms with Crippen molar-refractivity contribution in [3.63, 3.8) is 0 Å². The van der Waals surface area contributed by atoms with E-state index in [-0.39, 0.29) is 25.8 Å². The first kappa shape index (κ1) is 23.1. The molecule has 5 rings (SSSR count). The third-order valence-electron chi connectivity index (χ3n) is 6.16. The first-order valence-electron chi connectivity index (χ1n) is 11.4. The van der Waals surface area contributed by atoms with Gasteiger partial charge in [0.1, 0.15) is 5.01 Å². The van der Waals surface area contributed by atoms with Crippen LogP contribution in [0.5, 0.6) is 11.5 Å². The maximum atomic E-state index is 13.0. The van der Waals surface area contributed by atoms with Gasteiger partial charge in [-0.1, -0.05) is 18.2 Å². The lowest BCUT2D eigenvalue weighted by molar-refractivity contribution is 0.0628. The molecule has 0 spiro atoms. The Hall–Kier alpha value is -3.63. The van der Waals surface area contributed by atoms with Crippen LogP contribution < -0.4 is 9.47 Å². The lowest BCUT2D eigenvalue weighted by Crippen LogP contribution is -2.48. The highest BCUT2D eigenvalue weighted by Gasteiger charge is 2.23. The fraction of sp³-hybridized carbons (Fsp3) is 0.320. The van der Waals surface area contributed by atoms with Gasteiger partial charge in [0.15, 0.2) is 11.5 Å². The number of amides is 2. The second kappa shape index (κ2) is 10.3. The Morgan fingerprint density at radius 2 is 1.71 bits per heavy atom. The molecule has 2 aromatic carbocycles. The van der Waals surface area contributed by atoms with E-state index in [1.165, 1.54) is 16.2 Å². The lowest BCUT2D eigenvalue weighted by atomic mass is 10.1. The monoisotopic (exact) mass is 494 g/mol. The second-order valence-electron chi connectivity index (χ2n) is 8.52. The van der Waals surface area contributed by atoms with Gasteiger partial charge in [0.2, 0.25) is 6.79 Å². The van der Waals surface area contributed by atoms with Crippen LogP contribution in [-0.2, 0) is 19.6 Å². The summed E-state index contributed by atoms with van der Waals surface area (Å²) in [5, 5.41) is 12.1. The minimum atomic E-state index is -1.00. The van der Waals surface area contributed by atoms with Gasteiger partial charge in [-0.3, -0.25) is 14.6 Å². The van der Waals surface area contributed by atoms with Gasteiger partial charge < -0.3 is 19.5 Å². The molecule has 1 N–H and O–H groups in total. The van der Waals surface area contributed by atoms with E-state index in [0.717, 1.165) is 47.3 Å². The molecule has 3 aromatic rings. The first-order valence-corrected chi connectivity index (χ1v) is 12.3. The summed E-state index contributed by atoms with van der Waals surface area (Å²) >= 11 is 1.43. The Bertz CT molecular complexity index is 1180. The molecule has 0 bridgehead atoms. The number of hydrogen-bond donors (Lipinski definition) is 1. The Balaban J connectivity index is 1.13. The van der Waals surface area contributed by atoms with Crippen LogP contribution in [0, 0.1) is 0 Å². The first-order chi connectivity index (χ1) is 17.0. The van der Waals surface area contributed by atoms with Crippen LogP contribution in [0.15, 0.2) is 54.0 Å². The molecular weight excluding hydrogens is 468 g/mol. The largest absolute Gasteiger partial charge is 0.465 e. The van der Waals surface area contributed by atoms with E-state index >= 15 is 0 Å². The smallest absolute Gasteiger partial charge is 0.407 e. The third kappa shape index (κ3) is 5.55. The summed E-state index contributed by atoms with van der Waals surface area (Å²) in [4.78, 5) is 34.3. The summed E-state index contributed by atoms with van der Waals surface area (Å²) in [6, 6.07) is 13.2. The lowest BCUT2D eigenvalue weighted by Gasteiger charge is -2.34. The molecule has 2 aliphatic rings. The number of carbonyl (C=O) groups is 2. The SMILES string of the molecule is O=C(O)N(Cc1ccc(C(=O)N2CCN(Cc3ccc4c(c3)OCO4)CC2)cc1)Cc1nccs1. The Labute approximate surface area is 207 Å². The van der Waals surface area contributed by atoms with Crippen molar-refractivity contribution < 1.29 is 24.2 Å². The van der Waals surface area contributed by atoms with Crippen molar-refractivity contribution in [2.75, 3.05) is 33.0 Å². The number of carboxylic acid groups (broad SMARTS) is 1. The molecule has 0 atom stereocenters. The standard InChI is InChI=1S/C25H26N4O5S/c30-24(20-4-1-18(2-5-20)15-29(25(31)32)16-23-26-7-12-35-23)28-10-8-27(9-11-28)14-19-3-6-21-22(13-19)34-17-33-21/h1-7,12-13H,8-11,14-17H2,(H,31,32). The average Bonchev–Trinajstić information content (AvgIpc) is 3.56. The summed E-state index contributed by atoms with van der Waals surface area (Å²) in [5.41, 5.74) is 2.60. The zero-order valence-corrected chi connectivity index (χ0v) is 19.9. The number of piperazine rings is 1. The van der Waals surface area contributed by atoms with Crippen LogP contribution in [0.4, 0.5) is 4.79 Å². The molecule has 1 aromatic heterocycles. The zero-order chi connectivity index (χ0) is 24.2. The van der Waals surface area contributed by atoms with Crippen LogP contribution in [-0.4, -0.2) is 69.8 Å². The maximum absolute atomic E-state index is 13.0. The molecule has 0 unspecified atom stereocenters. The number of carbonyl (C=O) groups excluding carboxylic acids is 1. The Morgan fingerprint density at radius 3 is 2.43 bits per heavy atom. The van der Waals surface area contributed by atoms with Gasteiger partial charge >= 0.3 is 6.09 Å². The van der Waals surface area contributed by atoms with Gasteiger partial charge in [-0.15, -0.1) is 11.3 Å². The molecule has 182 valence electrons. The van der Waals surface area contributed by atoms with E-state index in [1.807, 2.05) is 34.5 Å². The number of nitrogens with zero attached hydrogens (tertiary/aromatic N) is 4. The van der Waals surface area contributed by atoms with Gasteiger partial charge in [-0.05, 0) is 35.4 Å². The quantitative estimate of drug-likeness (QED) is 0.537. The third-order valence-corrected chi connectivity index (χ3v) is 6.92. The zero-order valence-electron chi connectivity index (χ0n) is 19.1. The maximum Gasteiger partial charge on any atom is 0.407 e. The predicted molar refractivity (Wildman–Crippen MR) is 130 cm³/mol. The molecule has 0 radical (unpaired) electrons. The number of ether oxygens (including phenoxy) is 2. The minimum Gasteiger partial charge on any atom is -0.465 e. The van der Waals surface area contributed by atoms with Crippen LogP contribution in [0.1, 0.15) is 26.5 Å². The average molecular weight is 495 g/mol. The van der Waals surface area contributed by atoms with Gasteiger partial charge in [-0.25, -0.2) is 9.78 Å². The van der Waals surface area contributed by atoms with Gasteiger partial charge in [0.05, 0.1) is 6.54 Å². The highest BCUT2D eigenvalue weighted by molar-refractivity contribution is 7.09. The highest BCUT2D eigenvalue weighted by atomic mass is 32.1. The molecule has 2 aliphatic heterocycles. The summed E-state index contributed by atoms with van der Waals surface area (Å²) in [5.74, 6) is 1.57. The van der Waals surface area contributed by atoms with E-state index in [2.05, 4.69) is 16.0 Å². The highest BCUT2D eigenvalue weighted by Crippen LogP contribution is 2.32. The molecular formula is C25H26N4O5S. The van der Waals surface area contributed by atoms with E-state index < -0.39 is 6.09 Å². The van der Waals surface area contributed by atoms with Crippen molar-refractivity contribution in [3.8, 4) is 11.5 Å². The summed E-state index contributed by atoms with van der Waals surface area (Å²) in [6.07, 6.45) is 0.663. The molecule has 1 saturated heterocycles. The molecule has 0 aliphatic carbocycles. The molecule has 10 heteroatoms. The number of benzene rings is 2. The van der Waals surface area contributed by atoms with Gasteiger partial charge in [0, 0.05) is 56.4 Å². The topological polar surface area (TPSA) is 95.4 Å². The van der Waals surface area contributed by atoms with Crippen LogP contribution in [0.2, 0.25) is 0 Å². The summed E-state index contributed by atoms with van der Waals surface area (Å²) in [7, 11) is 0. The molecule has 2 amide bonds. The summed E-state index contributed by atoms with van der Waals surface area (Å²) in [6.45, 7) is 4.45. The number of hydrogen-bond acceptors (Lipinski definition) is 7. The van der Waals surface area contributed by atoms with E-state index in [4.69, 9.17) is 9.47 Å². The van der Waals surface area contributed by atoms with E-state index in [9.17, 15) is 14.7 Å². The van der Waals surface area contributed by atoms with Crippen molar-refractivity contribution >= 4 is 23.3 Å². The van der Waals surface area contributed by atoms with Crippen molar-refractivity contribution in [3.05, 3.63) is 75.7 Å². The number of thiazole rings is 1. The normalized spacial score (nSPS) is 15.3. The molecule has 0 saturated carbocycles. The van der Waals surface area contributed by atoms with E-state index in [1.54, 1.807) is 18.3 Å². The van der Waals surface area contributed by atoms with Crippen LogP contribution in [0.25, 0.3) is 0 Å². The van der Waals surface area contributed by atoms with Crippen molar-refractivity contribution in [1.29, 1.82) is 0 Å². The van der Waals surface area contributed by atoms with Crippen molar-refractivity contribution in [2.24, 2.45) is 0 Å². The molecule has 9 nitrogen and oxygen atoms in total.